The van der Waals surface area contributed by atoms with Crippen LogP contribution in [0.15, 0.2) is 23.5 Å². The lowest BCUT2D eigenvalue weighted by molar-refractivity contribution is 0.281. The third-order valence-electron chi connectivity index (χ3n) is 4.68. The first kappa shape index (κ1) is 20.3. The molecule has 128 valence electrons. The van der Waals surface area contributed by atoms with Crippen molar-refractivity contribution in [2.24, 2.45) is 5.92 Å². The summed E-state index contributed by atoms with van der Waals surface area (Å²) in [6, 6.07) is 0.588. The third kappa shape index (κ3) is 5.15. The van der Waals surface area contributed by atoms with Gasteiger partial charge in [-0.2, -0.15) is 0 Å². The van der Waals surface area contributed by atoms with Gasteiger partial charge in [-0.15, -0.1) is 0 Å². The Morgan fingerprint density at radius 3 is 2.00 bits per heavy atom. The third-order valence-corrected chi connectivity index (χ3v) is 12.1. The smallest absolute Gasteiger partial charge is 0.0179 e. The van der Waals surface area contributed by atoms with Crippen molar-refractivity contribution in [3.05, 3.63) is 23.5 Å². The van der Waals surface area contributed by atoms with Crippen LogP contribution < -0.4 is 0 Å². The van der Waals surface area contributed by atoms with Crippen molar-refractivity contribution in [3.8, 4) is 0 Å². The number of allylic oxidation sites excluding steroid dienone is 2. The topological polar surface area (TPSA) is 3.24 Å². The summed E-state index contributed by atoms with van der Waals surface area (Å²) >= 11 is 0. The number of hydrogen-bond donors (Lipinski definition) is 0. The Hall–Kier alpha value is 0.300. The van der Waals surface area contributed by atoms with Crippen LogP contribution in [0.2, 0.25) is 0 Å². The molecule has 0 amide bonds. The number of hydrogen-bond acceptors (Lipinski definition) is 1. The lowest BCUT2D eigenvalue weighted by Gasteiger charge is -2.44. The van der Waals surface area contributed by atoms with E-state index in [2.05, 4.69) is 92.4 Å². The predicted molar refractivity (Wildman–Crippen MR) is 108 cm³/mol. The molecule has 0 aromatic heterocycles. The molecule has 3 heteroatoms. The highest BCUT2D eigenvalue weighted by Crippen LogP contribution is 2.67. The van der Waals surface area contributed by atoms with E-state index in [1.165, 1.54) is 5.90 Å². The molecule has 0 aromatic rings. The van der Waals surface area contributed by atoms with Crippen molar-refractivity contribution in [1.82, 2.24) is 4.90 Å². The van der Waals surface area contributed by atoms with Gasteiger partial charge in [-0.3, -0.25) is 0 Å². The molecular formula is C19H37NP2. The average Bonchev–Trinajstić information content (AvgIpc) is 2.80. The zero-order valence-corrected chi connectivity index (χ0v) is 18.2. The summed E-state index contributed by atoms with van der Waals surface area (Å²) < 4.78 is 0. The molecule has 22 heavy (non-hydrogen) atoms. The van der Waals surface area contributed by atoms with Crippen molar-refractivity contribution in [1.29, 1.82) is 0 Å². The maximum atomic E-state index is 2.51. The molecular weight excluding hydrogens is 304 g/mol. The maximum Gasteiger partial charge on any atom is 0.0179 e. The van der Waals surface area contributed by atoms with Gasteiger partial charge >= 0.3 is 0 Å². The molecule has 0 aromatic carbocycles. The van der Waals surface area contributed by atoms with E-state index in [1.807, 2.05) is 0 Å². The first-order valence-electron chi connectivity index (χ1n) is 8.39. The average molecular weight is 341 g/mol. The highest BCUT2D eigenvalue weighted by Gasteiger charge is 2.37. The standard InChI is InChI=1S/C19H37NP2/c1-15(20(8)9)16-12-11-13-17(16)21(10)14-22(18(2,3)4)19(5,6)7/h11-13,15-16H,14H2,1-10H3/t15-,16?,21-/m0/s1. The van der Waals surface area contributed by atoms with Gasteiger partial charge < -0.3 is 4.90 Å². The Kier molecular flexibility index (Phi) is 6.90. The van der Waals surface area contributed by atoms with E-state index in [4.69, 9.17) is 0 Å². The van der Waals surface area contributed by atoms with Gasteiger partial charge in [-0.05, 0) is 49.2 Å². The van der Waals surface area contributed by atoms with Crippen LogP contribution >= 0.6 is 15.8 Å². The molecule has 0 saturated heterocycles. The van der Waals surface area contributed by atoms with Crippen LogP contribution in [0.25, 0.3) is 0 Å². The van der Waals surface area contributed by atoms with E-state index >= 15 is 0 Å². The highest BCUT2D eigenvalue weighted by atomic mass is 31.2. The second kappa shape index (κ2) is 7.46. The van der Waals surface area contributed by atoms with Crippen molar-refractivity contribution < 1.29 is 0 Å². The maximum absolute atomic E-state index is 2.51. The van der Waals surface area contributed by atoms with Crippen LogP contribution in [0.1, 0.15) is 48.5 Å². The fourth-order valence-corrected chi connectivity index (χ4v) is 12.2. The summed E-state index contributed by atoms with van der Waals surface area (Å²) in [7, 11) is 4.35. The molecule has 1 unspecified atom stereocenters. The molecule has 1 nitrogen and oxygen atoms in total. The van der Waals surface area contributed by atoms with Crippen molar-refractivity contribution in [2.45, 2.75) is 64.8 Å². The van der Waals surface area contributed by atoms with E-state index in [0.717, 1.165) is 0 Å². The van der Waals surface area contributed by atoms with Crippen LogP contribution in [-0.2, 0) is 0 Å². The summed E-state index contributed by atoms with van der Waals surface area (Å²) in [6.45, 7) is 19.5. The normalized spacial score (nSPS) is 22.4. The fraction of sp³-hybridized carbons (Fsp3) is 0.789. The van der Waals surface area contributed by atoms with Gasteiger partial charge in [0.25, 0.3) is 0 Å². The molecule has 1 rings (SSSR count). The van der Waals surface area contributed by atoms with Crippen LogP contribution in [0.3, 0.4) is 0 Å². The van der Waals surface area contributed by atoms with Crippen LogP contribution in [0, 0.1) is 5.92 Å². The second-order valence-corrected chi connectivity index (χ2v) is 15.4. The molecule has 0 heterocycles. The quantitative estimate of drug-likeness (QED) is 0.542. The van der Waals surface area contributed by atoms with Crippen molar-refractivity contribution in [2.75, 3.05) is 26.7 Å². The second-order valence-electron chi connectivity index (χ2n) is 8.82. The summed E-state index contributed by atoms with van der Waals surface area (Å²) in [4.78, 5) is 2.35. The summed E-state index contributed by atoms with van der Waals surface area (Å²) in [5.74, 6) is 2.02. The van der Waals surface area contributed by atoms with Gasteiger partial charge in [0.15, 0.2) is 0 Å². The Bertz CT molecular complexity index is 410. The molecule has 1 aliphatic rings. The van der Waals surface area contributed by atoms with Gasteiger partial charge in [-0.1, -0.05) is 75.6 Å². The molecule has 1 aliphatic carbocycles. The molecule has 3 atom stereocenters. The largest absolute Gasteiger partial charge is 0.306 e. The summed E-state index contributed by atoms with van der Waals surface area (Å²) in [5.41, 5.74) is 0. The van der Waals surface area contributed by atoms with Crippen molar-refractivity contribution >= 4 is 15.8 Å². The predicted octanol–water partition coefficient (Wildman–Crippen LogP) is 6.15. The minimum Gasteiger partial charge on any atom is -0.306 e. The molecule has 0 radical (unpaired) electrons. The monoisotopic (exact) mass is 341 g/mol. The lowest BCUT2D eigenvalue weighted by Crippen LogP contribution is -2.32. The molecule has 0 saturated carbocycles. The Balaban J connectivity index is 2.90. The Morgan fingerprint density at radius 1 is 1.09 bits per heavy atom. The van der Waals surface area contributed by atoms with E-state index in [1.54, 1.807) is 5.31 Å². The van der Waals surface area contributed by atoms with Gasteiger partial charge in [-0.25, -0.2) is 0 Å². The Morgan fingerprint density at radius 2 is 1.59 bits per heavy atom. The number of nitrogens with zero attached hydrogens (tertiary/aromatic N) is 1. The summed E-state index contributed by atoms with van der Waals surface area (Å²) in [6.07, 6.45) is 7.11. The Labute approximate surface area is 142 Å². The highest BCUT2D eigenvalue weighted by molar-refractivity contribution is 7.77. The fourth-order valence-electron chi connectivity index (χ4n) is 3.32. The van der Waals surface area contributed by atoms with Gasteiger partial charge in [0.1, 0.15) is 0 Å². The minimum absolute atomic E-state index is 0.00534. The van der Waals surface area contributed by atoms with Gasteiger partial charge in [0.05, 0.1) is 0 Å². The van der Waals surface area contributed by atoms with E-state index in [9.17, 15) is 0 Å². The van der Waals surface area contributed by atoms with Gasteiger partial charge in [0.2, 0.25) is 0 Å². The van der Waals surface area contributed by atoms with E-state index in [0.29, 0.717) is 22.3 Å². The molecule has 0 fully saturated rings. The zero-order chi connectivity index (χ0) is 17.3. The van der Waals surface area contributed by atoms with Gasteiger partial charge in [0, 0.05) is 12.0 Å². The molecule has 0 bridgehead atoms. The first-order valence-corrected chi connectivity index (χ1v) is 11.9. The molecule has 0 aliphatic heterocycles. The SMILES string of the molecule is C[C@@H](C1C=CC=C1[P@@](C)CP(C(C)(C)C)C(C)(C)C)N(C)C. The number of rotatable bonds is 5. The van der Waals surface area contributed by atoms with E-state index < -0.39 is 0 Å². The van der Waals surface area contributed by atoms with Crippen LogP contribution in [-0.4, -0.2) is 47.9 Å². The van der Waals surface area contributed by atoms with Crippen molar-refractivity contribution in [3.63, 3.8) is 0 Å². The van der Waals surface area contributed by atoms with Crippen LogP contribution in [0.4, 0.5) is 0 Å². The first-order chi connectivity index (χ1) is 9.85. The summed E-state index contributed by atoms with van der Waals surface area (Å²) in [5, 5.41) is 2.57. The molecule has 0 N–H and O–H groups in total. The van der Waals surface area contributed by atoms with Crippen LogP contribution in [0.5, 0.6) is 0 Å². The molecule has 0 spiro atoms. The van der Waals surface area contributed by atoms with E-state index in [-0.39, 0.29) is 15.8 Å². The lowest BCUT2D eigenvalue weighted by atomic mass is 10.0. The minimum atomic E-state index is -0.0454. The zero-order valence-electron chi connectivity index (χ0n) is 16.4.